The average molecular weight is 255 g/mol. The van der Waals surface area contributed by atoms with Crippen LogP contribution in [0.5, 0.6) is 0 Å². The maximum absolute atomic E-state index is 2.64. The molecule has 0 nitrogen and oxygen atoms in total. The lowest BCUT2D eigenvalue weighted by Gasteiger charge is -2.37. The van der Waals surface area contributed by atoms with Crippen molar-refractivity contribution in [3.05, 3.63) is 0 Å². The van der Waals surface area contributed by atoms with E-state index in [4.69, 9.17) is 0 Å². The van der Waals surface area contributed by atoms with Gasteiger partial charge < -0.3 is 0 Å². The van der Waals surface area contributed by atoms with Crippen molar-refractivity contribution in [2.75, 3.05) is 0 Å². The molecule has 16 heavy (non-hydrogen) atoms. The molecule has 2 heterocycles. The first-order valence-corrected chi connectivity index (χ1v) is 13.9. The van der Waals surface area contributed by atoms with Crippen LogP contribution in [-0.4, -0.2) is 16.1 Å². The van der Waals surface area contributed by atoms with Crippen LogP contribution in [0.3, 0.4) is 0 Å². The zero-order valence-corrected chi connectivity index (χ0v) is 13.5. The van der Waals surface area contributed by atoms with Gasteiger partial charge in [-0.3, -0.25) is 0 Å². The molecule has 0 spiro atoms. The molecular weight excluding hydrogens is 224 g/mol. The summed E-state index contributed by atoms with van der Waals surface area (Å²) in [7, 11) is -1.16. The van der Waals surface area contributed by atoms with Crippen LogP contribution in [0.15, 0.2) is 0 Å². The number of unbranched alkanes of at least 4 members (excludes halogenated alkanes) is 3. The summed E-state index contributed by atoms with van der Waals surface area (Å²) >= 11 is 0. The van der Waals surface area contributed by atoms with Crippen LogP contribution in [0.25, 0.3) is 0 Å². The highest BCUT2D eigenvalue weighted by molar-refractivity contribution is 6.81. The highest BCUT2D eigenvalue weighted by Crippen LogP contribution is 2.38. The molecule has 2 aliphatic rings. The molecule has 2 saturated heterocycles. The van der Waals surface area contributed by atoms with Gasteiger partial charge in [-0.25, -0.2) is 0 Å². The van der Waals surface area contributed by atoms with Crippen molar-refractivity contribution in [3.8, 4) is 0 Å². The van der Waals surface area contributed by atoms with Gasteiger partial charge in [0.2, 0.25) is 0 Å². The number of hydrogen-bond donors (Lipinski definition) is 0. The standard InChI is InChI=1S/C14H30Si2/c1-15(11-7-12-15)9-5-3-4-6-10-16(2)13-8-14-16/h3-14H2,1-2H3. The fraction of sp³-hybridized carbons (Fsp3) is 1.00. The predicted octanol–water partition coefficient (Wildman–Crippen LogP) is 5.51. The Hall–Kier alpha value is 0.434. The van der Waals surface area contributed by atoms with Crippen molar-refractivity contribution in [1.82, 2.24) is 0 Å². The van der Waals surface area contributed by atoms with Gasteiger partial charge in [-0.1, -0.05) is 87.9 Å². The van der Waals surface area contributed by atoms with Gasteiger partial charge in [-0.2, -0.15) is 0 Å². The van der Waals surface area contributed by atoms with E-state index in [-0.39, 0.29) is 0 Å². The lowest BCUT2D eigenvalue weighted by atomic mass is 10.2. The molecule has 2 heteroatoms. The van der Waals surface area contributed by atoms with Crippen molar-refractivity contribution >= 4 is 16.1 Å². The minimum absolute atomic E-state index is 0.581. The molecule has 0 saturated carbocycles. The van der Waals surface area contributed by atoms with Crippen LogP contribution in [0, 0.1) is 0 Å². The fourth-order valence-corrected chi connectivity index (χ4v) is 9.85. The SMILES string of the molecule is C[Si]1(CCCCCC[Si]2(C)CCC2)CCC1. The second-order valence-electron chi connectivity index (χ2n) is 7.24. The number of rotatable bonds is 7. The molecule has 94 valence electrons. The van der Waals surface area contributed by atoms with Gasteiger partial charge >= 0.3 is 0 Å². The van der Waals surface area contributed by atoms with E-state index in [9.17, 15) is 0 Å². The normalized spacial score (nSPS) is 25.9. The fourth-order valence-electron chi connectivity index (χ4n) is 3.52. The molecule has 0 aromatic heterocycles. The molecule has 2 rings (SSSR count). The van der Waals surface area contributed by atoms with E-state index in [1.165, 1.54) is 0 Å². The first-order valence-electron chi connectivity index (χ1n) is 7.62. The third-order valence-electron chi connectivity index (χ3n) is 5.43. The monoisotopic (exact) mass is 254 g/mol. The molecule has 0 radical (unpaired) electrons. The average Bonchev–Trinajstić information content (AvgIpc) is 2.18. The van der Waals surface area contributed by atoms with Crippen molar-refractivity contribution in [1.29, 1.82) is 0 Å². The highest BCUT2D eigenvalue weighted by atomic mass is 28.3. The Bertz CT molecular complexity index is 193. The Morgan fingerprint density at radius 2 is 1.00 bits per heavy atom. The van der Waals surface area contributed by atoms with Crippen LogP contribution in [-0.2, 0) is 0 Å². The second kappa shape index (κ2) is 5.39. The molecule has 0 bridgehead atoms. The minimum Gasteiger partial charge on any atom is -0.0691 e. The zero-order chi connectivity index (χ0) is 11.5. The van der Waals surface area contributed by atoms with Crippen LogP contribution < -0.4 is 0 Å². The van der Waals surface area contributed by atoms with Crippen molar-refractivity contribution < 1.29 is 0 Å². The maximum Gasteiger partial charge on any atom is 0.0504 e. The quantitative estimate of drug-likeness (QED) is 0.415. The van der Waals surface area contributed by atoms with E-state index < -0.39 is 16.1 Å². The third-order valence-corrected chi connectivity index (χ3v) is 14.8. The van der Waals surface area contributed by atoms with Gasteiger partial charge in [0.05, 0.1) is 16.1 Å². The molecular formula is C14H30Si2. The highest BCUT2D eigenvalue weighted by Gasteiger charge is 2.34. The molecule has 0 N–H and O–H groups in total. The molecule has 2 aliphatic heterocycles. The second-order valence-corrected chi connectivity index (χ2v) is 17.5. The molecule has 0 amide bonds. The van der Waals surface area contributed by atoms with Crippen LogP contribution in [0.4, 0.5) is 0 Å². The Labute approximate surface area is 104 Å². The molecule has 0 aliphatic carbocycles. The molecule has 2 fully saturated rings. The van der Waals surface area contributed by atoms with Gasteiger partial charge in [-0.15, -0.1) is 0 Å². The summed E-state index contributed by atoms with van der Waals surface area (Å²) in [6.07, 6.45) is 9.36. The summed E-state index contributed by atoms with van der Waals surface area (Å²) in [6.45, 7) is 5.28. The van der Waals surface area contributed by atoms with E-state index in [0.717, 1.165) is 0 Å². The largest absolute Gasteiger partial charge is 0.0691 e. The lowest BCUT2D eigenvalue weighted by Crippen LogP contribution is -2.37. The molecule has 0 aromatic rings. The van der Waals surface area contributed by atoms with Crippen LogP contribution in [0.1, 0.15) is 38.5 Å². The van der Waals surface area contributed by atoms with Gasteiger partial charge in [0.25, 0.3) is 0 Å². The first-order chi connectivity index (χ1) is 7.62. The van der Waals surface area contributed by atoms with E-state index in [2.05, 4.69) is 13.1 Å². The van der Waals surface area contributed by atoms with Crippen molar-refractivity contribution in [3.63, 3.8) is 0 Å². The van der Waals surface area contributed by atoms with Crippen LogP contribution in [0.2, 0.25) is 49.4 Å². The van der Waals surface area contributed by atoms with Gasteiger partial charge in [0.1, 0.15) is 0 Å². The predicted molar refractivity (Wildman–Crippen MR) is 79.8 cm³/mol. The molecule has 0 unspecified atom stereocenters. The van der Waals surface area contributed by atoms with E-state index in [0.29, 0.717) is 0 Å². The topological polar surface area (TPSA) is 0 Å². The lowest BCUT2D eigenvalue weighted by molar-refractivity contribution is 0.675. The summed E-state index contributed by atoms with van der Waals surface area (Å²) in [4.78, 5) is 0. The summed E-state index contributed by atoms with van der Waals surface area (Å²) in [5, 5.41) is 0. The number of hydrogen-bond acceptors (Lipinski definition) is 0. The van der Waals surface area contributed by atoms with Crippen LogP contribution >= 0.6 is 0 Å². The smallest absolute Gasteiger partial charge is 0.0504 e. The summed E-state index contributed by atoms with van der Waals surface area (Å²) < 4.78 is 0. The Morgan fingerprint density at radius 3 is 1.25 bits per heavy atom. The van der Waals surface area contributed by atoms with E-state index >= 15 is 0 Å². The van der Waals surface area contributed by atoms with Gasteiger partial charge in [-0.05, 0) is 0 Å². The molecule has 0 atom stereocenters. The van der Waals surface area contributed by atoms with E-state index in [1.54, 1.807) is 74.8 Å². The van der Waals surface area contributed by atoms with E-state index in [1.807, 2.05) is 0 Å². The third kappa shape index (κ3) is 3.46. The summed E-state index contributed by atoms with van der Waals surface area (Å²) in [5.74, 6) is 0. The van der Waals surface area contributed by atoms with Crippen molar-refractivity contribution in [2.45, 2.75) is 87.9 Å². The summed E-state index contributed by atoms with van der Waals surface area (Å²) in [5.41, 5.74) is 0. The Kier molecular flexibility index (Phi) is 4.34. The van der Waals surface area contributed by atoms with Gasteiger partial charge in [0, 0.05) is 0 Å². The molecule has 0 aromatic carbocycles. The Balaban J connectivity index is 1.43. The Morgan fingerprint density at radius 1 is 0.625 bits per heavy atom. The minimum atomic E-state index is -0.581. The van der Waals surface area contributed by atoms with Gasteiger partial charge in [0.15, 0.2) is 0 Å². The summed E-state index contributed by atoms with van der Waals surface area (Å²) in [6, 6.07) is 9.91. The first kappa shape index (κ1) is 12.9. The van der Waals surface area contributed by atoms with Crippen molar-refractivity contribution in [2.24, 2.45) is 0 Å². The zero-order valence-electron chi connectivity index (χ0n) is 11.5. The maximum atomic E-state index is 2.64.